The molecule has 18 heteroatoms. The molecule has 8 aliphatic heterocycles. The number of nitrogens with one attached hydrogen (secondary N) is 2. The van der Waals surface area contributed by atoms with Crippen LogP contribution in [0.3, 0.4) is 0 Å². The first-order valence-electron chi connectivity index (χ1n) is 24.5. The number of carbonyl (C=O) groups is 9. The highest BCUT2D eigenvalue weighted by atomic mass is 16.2. The van der Waals surface area contributed by atoms with E-state index in [9.17, 15) is 43.2 Å². The van der Waals surface area contributed by atoms with Crippen LogP contribution >= 0.6 is 0 Å². The van der Waals surface area contributed by atoms with E-state index in [0.717, 1.165) is 38.5 Å². The topological polar surface area (TPSA) is 200 Å². The Morgan fingerprint density at radius 2 is 0.859 bits per heavy atom. The van der Waals surface area contributed by atoms with Gasteiger partial charge in [0.1, 0.15) is 48.6 Å². The van der Waals surface area contributed by atoms with Gasteiger partial charge in [-0.25, -0.2) is 0 Å². The fourth-order valence-corrected chi connectivity index (χ4v) is 12.2. The molecule has 2 N–H and O–H groups in total. The molecule has 8 heterocycles. The molecule has 9 atom stereocenters. The molecule has 8 fully saturated rings. The number of hydrogen-bond acceptors (Lipinski definition) is 10. The maximum absolute atomic E-state index is 14.5. The van der Waals surface area contributed by atoms with Crippen molar-refractivity contribution in [2.75, 3.05) is 52.4 Å². The summed E-state index contributed by atoms with van der Waals surface area (Å²) in [5.74, 6) is -2.07. The van der Waals surface area contributed by atoms with Crippen molar-refractivity contribution in [3.63, 3.8) is 0 Å². The van der Waals surface area contributed by atoms with E-state index in [1.165, 1.54) is 0 Å². The number of nitrogens with zero attached hydrogens (tertiary/aromatic N) is 7. The zero-order valence-electron chi connectivity index (χ0n) is 37.8. The second-order valence-electron chi connectivity index (χ2n) is 19.9. The van der Waals surface area contributed by atoms with Crippen molar-refractivity contribution in [1.29, 1.82) is 0 Å². The Labute approximate surface area is 376 Å². The molecule has 0 aromatic carbocycles. The van der Waals surface area contributed by atoms with Crippen molar-refractivity contribution in [1.82, 2.24) is 44.9 Å². The summed E-state index contributed by atoms with van der Waals surface area (Å²) in [6.07, 6.45) is 10.8. The quantitative estimate of drug-likeness (QED) is 0.259. The minimum atomic E-state index is -0.908. The van der Waals surface area contributed by atoms with Gasteiger partial charge in [-0.2, -0.15) is 0 Å². The molecule has 8 saturated heterocycles. The molecular weight excluding hydrogens is 823 g/mol. The Morgan fingerprint density at radius 1 is 0.484 bits per heavy atom. The number of likely N-dealkylation sites (tertiary alicyclic amines) is 7. The Bertz CT molecular complexity index is 1840. The summed E-state index contributed by atoms with van der Waals surface area (Å²) in [5.41, 5.74) is 0. The molecule has 0 aromatic rings. The van der Waals surface area contributed by atoms with Crippen molar-refractivity contribution in [3.05, 3.63) is 0 Å². The molecule has 64 heavy (non-hydrogen) atoms. The van der Waals surface area contributed by atoms with Crippen LogP contribution in [0.5, 0.6) is 0 Å². The van der Waals surface area contributed by atoms with Crippen molar-refractivity contribution in [3.8, 4) is 0 Å². The first-order chi connectivity index (χ1) is 30.9. The Balaban J connectivity index is 0.903. The van der Waals surface area contributed by atoms with Crippen molar-refractivity contribution in [2.45, 2.75) is 177 Å². The Kier molecular flexibility index (Phi) is 14.3. The summed E-state index contributed by atoms with van der Waals surface area (Å²) in [6.45, 7) is 7.53. The molecule has 8 amide bonds. The SMILES string of the molecule is CC(C)C[C@H](NC(=O)[C@@H]1CCCN1C(=O)[C@@H]1CCCN1C(=O)[C@@H]1CCCN1C(=O)[C@@H]1CCCN1C(=O)[C@@H]1CCCN1C(=O)[C@@H]1CCCN1)C(=O)N1CCC[C@H]1C(=O)N1CCC[C@H]1C=O. The van der Waals surface area contributed by atoms with E-state index in [1.807, 2.05) is 13.8 Å². The van der Waals surface area contributed by atoms with Gasteiger partial charge in [-0.15, -0.1) is 0 Å². The van der Waals surface area contributed by atoms with Gasteiger partial charge in [0.25, 0.3) is 0 Å². The minimum Gasteiger partial charge on any atom is -0.342 e. The highest BCUT2D eigenvalue weighted by Gasteiger charge is 2.50. The lowest BCUT2D eigenvalue weighted by Crippen LogP contribution is -2.59. The normalized spacial score (nSPS) is 31.1. The van der Waals surface area contributed by atoms with E-state index < -0.39 is 54.2 Å². The maximum Gasteiger partial charge on any atom is 0.246 e. The summed E-state index contributed by atoms with van der Waals surface area (Å²) in [5, 5.41) is 6.24. The van der Waals surface area contributed by atoms with E-state index >= 15 is 0 Å². The number of amides is 8. The van der Waals surface area contributed by atoms with E-state index in [-0.39, 0.29) is 53.3 Å². The largest absolute Gasteiger partial charge is 0.342 e. The zero-order chi connectivity index (χ0) is 45.2. The van der Waals surface area contributed by atoms with Crippen LogP contribution in [0.25, 0.3) is 0 Å². The minimum absolute atomic E-state index is 0.0371. The third-order valence-electron chi connectivity index (χ3n) is 15.4. The average Bonchev–Trinajstić information content (AvgIpc) is 4.13. The Morgan fingerprint density at radius 3 is 1.30 bits per heavy atom. The highest BCUT2D eigenvalue weighted by molar-refractivity contribution is 5.99. The second-order valence-corrected chi connectivity index (χ2v) is 19.9. The van der Waals surface area contributed by atoms with Crippen LogP contribution in [0.4, 0.5) is 0 Å². The molecule has 0 unspecified atom stereocenters. The van der Waals surface area contributed by atoms with Gasteiger partial charge in [0.05, 0.1) is 12.1 Å². The van der Waals surface area contributed by atoms with Crippen LogP contribution in [0, 0.1) is 5.92 Å². The monoisotopic (exact) mass is 892 g/mol. The number of aldehydes is 1. The van der Waals surface area contributed by atoms with Crippen molar-refractivity contribution < 1.29 is 43.2 Å². The van der Waals surface area contributed by atoms with Gasteiger partial charge in [0, 0.05) is 45.8 Å². The van der Waals surface area contributed by atoms with E-state index in [4.69, 9.17) is 0 Å². The molecule has 18 nitrogen and oxygen atoms in total. The molecule has 8 rings (SSSR count). The molecule has 0 spiro atoms. The fraction of sp³-hybridized carbons (Fsp3) is 0.804. The third-order valence-corrected chi connectivity index (χ3v) is 15.4. The van der Waals surface area contributed by atoms with Gasteiger partial charge >= 0.3 is 0 Å². The van der Waals surface area contributed by atoms with Crippen molar-refractivity contribution in [2.24, 2.45) is 5.92 Å². The molecule has 0 aliphatic carbocycles. The summed E-state index contributed by atoms with van der Waals surface area (Å²) in [7, 11) is 0. The summed E-state index contributed by atoms with van der Waals surface area (Å²) in [4.78, 5) is 136. The zero-order valence-corrected chi connectivity index (χ0v) is 37.8. The van der Waals surface area contributed by atoms with Crippen molar-refractivity contribution >= 4 is 53.5 Å². The average molecular weight is 892 g/mol. The second kappa shape index (κ2) is 19.9. The molecule has 0 radical (unpaired) electrons. The first kappa shape index (κ1) is 45.9. The lowest BCUT2D eigenvalue weighted by Gasteiger charge is -2.36. The predicted octanol–water partition coefficient (Wildman–Crippen LogP) is 0.405. The van der Waals surface area contributed by atoms with E-state index in [2.05, 4.69) is 10.6 Å². The van der Waals surface area contributed by atoms with Gasteiger partial charge in [-0.3, -0.25) is 38.4 Å². The van der Waals surface area contributed by atoms with Crippen LogP contribution < -0.4 is 10.6 Å². The molecule has 0 bridgehead atoms. The van der Waals surface area contributed by atoms with Gasteiger partial charge in [-0.05, 0) is 122 Å². The molecule has 0 aromatic heterocycles. The Hall–Kier alpha value is -4.61. The molecule has 352 valence electrons. The van der Waals surface area contributed by atoms with Crippen LogP contribution in [-0.2, 0) is 43.2 Å². The van der Waals surface area contributed by atoms with Gasteiger partial charge in [0.2, 0.25) is 47.3 Å². The summed E-state index contributed by atoms with van der Waals surface area (Å²) < 4.78 is 0. The van der Waals surface area contributed by atoms with Gasteiger partial charge in [0.15, 0.2) is 0 Å². The van der Waals surface area contributed by atoms with Crippen LogP contribution in [-0.4, -0.2) is 195 Å². The lowest BCUT2D eigenvalue weighted by molar-refractivity contribution is -0.154. The van der Waals surface area contributed by atoms with Gasteiger partial charge in [-0.1, -0.05) is 13.8 Å². The van der Waals surface area contributed by atoms with Crippen LogP contribution in [0.2, 0.25) is 0 Å². The first-order valence-corrected chi connectivity index (χ1v) is 24.5. The maximum atomic E-state index is 14.5. The molecule has 8 aliphatic rings. The summed E-state index contributed by atoms with van der Waals surface area (Å²) in [6, 6.07) is -6.08. The summed E-state index contributed by atoms with van der Waals surface area (Å²) >= 11 is 0. The lowest BCUT2D eigenvalue weighted by atomic mass is 10.0. The highest BCUT2D eigenvalue weighted by Crippen LogP contribution is 2.33. The number of rotatable bonds is 12. The van der Waals surface area contributed by atoms with E-state index in [0.29, 0.717) is 129 Å². The number of carbonyl (C=O) groups excluding carboxylic acids is 9. The van der Waals surface area contributed by atoms with Gasteiger partial charge < -0.3 is 49.7 Å². The fourth-order valence-electron chi connectivity index (χ4n) is 12.2. The van der Waals surface area contributed by atoms with E-state index in [1.54, 1.807) is 34.3 Å². The van der Waals surface area contributed by atoms with Crippen LogP contribution in [0.1, 0.15) is 123 Å². The predicted molar refractivity (Wildman–Crippen MR) is 232 cm³/mol. The standard InChI is InChI=1S/C46H69N9O9/c1-29(2)27-32(41(59)52-23-6-14-34(52)42(60)49-20-4-11-30(49)28-56)48-39(57)33-13-5-21-50(33)43(61)36-16-8-24-53(36)45(63)38-18-10-26-55(38)46(64)37-17-9-25-54(37)44(62)35-15-7-22-51(35)40(58)31-12-3-19-47-31/h28-38,47H,3-27H2,1-2H3,(H,48,57)/t30-,31-,32-,33-,34-,35-,36-,37-,38-/m0/s1. The smallest absolute Gasteiger partial charge is 0.246 e. The van der Waals surface area contributed by atoms with Crippen LogP contribution in [0.15, 0.2) is 0 Å². The molecular formula is C46H69N9O9. The number of hydrogen-bond donors (Lipinski definition) is 2. The third kappa shape index (κ3) is 9.00. The molecule has 0 saturated carbocycles.